The fourth-order valence-corrected chi connectivity index (χ4v) is 2.51. The Kier molecular flexibility index (Phi) is 7.01. The molecule has 2 atom stereocenters. The molecule has 2 unspecified atom stereocenters. The zero-order chi connectivity index (χ0) is 11.8. The first kappa shape index (κ1) is 13.9. The van der Waals surface area contributed by atoms with Crippen molar-refractivity contribution in [2.45, 2.75) is 64.1 Å². The molecule has 0 bridgehead atoms. The van der Waals surface area contributed by atoms with Crippen LogP contribution in [-0.2, 0) is 0 Å². The van der Waals surface area contributed by atoms with Gasteiger partial charge in [-0.25, -0.2) is 0 Å². The van der Waals surface area contributed by atoms with Crippen molar-refractivity contribution in [2.75, 3.05) is 13.1 Å². The molecule has 1 rings (SSSR count). The summed E-state index contributed by atoms with van der Waals surface area (Å²) in [6, 6.07) is 0. The molecule has 0 aliphatic heterocycles. The summed E-state index contributed by atoms with van der Waals surface area (Å²) in [5, 5.41) is 22.1. The van der Waals surface area contributed by atoms with Crippen molar-refractivity contribution in [3.63, 3.8) is 0 Å². The molecule has 1 aliphatic carbocycles. The average Bonchev–Trinajstić information content (AvgIpc) is 2.69. The minimum Gasteiger partial charge on any atom is -0.393 e. The third-order valence-electron chi connectivity index (χ3n) is 3.44. The van der Waals surface area contributed by atoms with Crippen molar-refractivity contribution in [3.05, 3.63) is 0 Å². The van der Waals surface area contributed by atoms with E-state index in [2.05, 4.69) is 5.32 Å². The van der Waals surface area contributed by atoms with E-state index in [0.717, 1.165) is 31.7 Å². The first-order valence-electron chi connectivity index (χ1n) is 6.75. The van der Waals surface area contributed by atoms with Crippen molar-refractivity contribution >= 4 is 0 Å². The molecule has 96 valence electrons. The van der Waals surface area contributed by atoms with E-state index in [9.17, 15) is 5.11 Å². The summed E-state index contributed by atoms with van der Waals surface area (Å²) in [7, 11) is 0. The average molecular weight is 229 g/mol. The maximum Gasteiger partial charge on any atom is 0.0667 e. The van der Waals surface area contributed by atoms with E-state index < -0.39 is 0 Å². The third kappa shape index (κ3) is 6.46. The van der Waals surface area contributed by atoms with Crippen LogP contribution in [0.4, 0.5) is 0 Å². The van der Waals surface area contributed by atoms with E-state index in [1.807, 2.05) is 6.92 Å². The van der Waals surface area contributed by atoms with Gasteiger partial charge in [-0.1, -0.05) is 25.7 Å². The molecule has 1 fully saturated rings. The van der Waals surface area contributed by atoms with Crippen molar-refractivity contribution in [3.8, 4) is 0 Å². The van der Waals surface area contributed by atoms with Gasteiger partial charge in [0, 0.05) is 6.54 Å². The van der Waals surface area contributed by atoms with Gasteiger partial charge in [-0.15, -0.1) is 0 Å². The van der Waals surface area contributed by atoms with E-state index in [1.165, 1.54) is 25.7 Å². The fourth-order valence-electron chi connectivity index (χ4n) is 2.51. The normalized spacial score (nSPS) is 21.2. The molecule has 1 saturated carbocycles. The van der Waals surface area contributed by atoms with Crippen LogP contribution < -0.4 is 5.32 Å². The van der Waals surface area contributed by atoms with Gasteiger partial charge in [0.25, 0.3) is 0 Å². The van der Waals surface area contributed by atoms with Crippen LogP contribution >= 0.6 is 0 Å². The summed E-state index contributed by atoms with van der Waals surface area (Å²) < 4.78 is 0. The smallest absolute Gasteiger partial charge is 0.0667 e. The Balaban J connectivity index is 1.91. The minimum absolute atomic E-state index is 0.186. The molecule has 16 heavy (non-hydrogen) atoms. The van der Waals surface area contributed by atoms with Gasteiger partial charge in [0.05, 0.1) is 12.2 Å². The maximum atomic E-state index is 9.81. The van der Waals surface area contributed by atoms with Gasteiger partial charge in [0.15, 0.2) is 0 Å². The second kappa shape index (κ2) is 8.04. The maximum absolute atomic E-state index is 9.81. The molecule has 0 saturated heterocycles. The molecular weight excluding hydrogens is 202 g/mol. The number of nitrogens with one attached hydrogen (secondary N) is 1. The Morgan fingerprint density at radius 1 is 1.25 bits per heavy atom. The molecular formula is C13H27NO2. The Morgan fingerprint density at radius 3 is 2.56 bits per heavy atom. The summed E-state index contributed by atoms with van der Waals surface area (Å²) in [6.45, 7) is 3.41. The fraction of sp³-hybridized carbons (Fsp3) is 1.00. The molecule has 0 amide bonds. The Morgan fingerprint density at radius 2 is 1.94 bits per heavy atom. The second-order valence-corrected chi connectivity index (χ2v) is 5.24. The highest BCUT2D eigenvalue weighted by atomic mass is 16.3. The number of rotatable bonds is 8. The lowest BCUT2D eigenvalue weighted by atomic mass is 10.00. The van der Waals surface area contributed by atoms with Crippen LogP contribution in [0.2, 0.25) is 0 Å². The highest BCUT2D eigenvalue weighted by Gasteiger charge is 2.18. The van der Waals surface area contributed by atoms with Gasteiger partial charge >= 0.3 is 0 Å². The molecule has 0 aromatic rings. The van der Waals surface area contributed by atoms with Crippen molar-refractivity contribution in [2.24, 2.45) is 5.92 Å². The summed E-state index contributed by atoms with van der Waals surface area (Å²) in [4.78, 5) is 0. The highest BCUT2D eigenvalue weighted by molar-refractivity contribution is 4.72. The Labute approximate surface area is 99.3 Å². The van der Waals surface area contributed by atoms with Gasteiger partial charge in [-0.05, 0) is 38.6 Å². The molecule has 0 aromatic carbocycles. The van der Waals surface area contributed by atoms with E-state index in [-0.39, 0.29) is 12.2 Å². The first-order valence-corrected chi connectivity index (χ1v) is 6.75. The number of aliphatic hydroxyl groups excluding tert-OH is 2. The largest absolute Gasteiger partial charge is 0.393 e. The Bertz CT molecular complexity index is 167. The molecule has 0 heterocycles. The van der Waals surface area contributed by atoms with Gasteiger partial charge in [-0.2, -0.15) is 0 Å². The predicted molar refractivity (Wildman–Crippen MR) is 66.4 cm³/mol. The lowest BCUT2D eigenvalue weighted by Crippen LogP contribution is -2.29. The quantitative estimate of drug-likeness (QED) is 0.555. The predicted octanol–water partition coefficient (Wildman–Crippen LogP) is 1.68. The van der Waals surface area contributed by atoms with Crippen LogP contribution in [0.1, 0.15) is 51.9 Å². The Hall–Kier alpha value is -0.120. The van der Waals surface area contributed by atoms with E-state index in [0.29, 0.717) is 6.54 Å². The lowest BCUT2D eigenvalue weighted by molar-refractivity contribution is 0.139. The molecule has 1 aliphatic rings. The van der Waals surface area contributed by atoms with Crippen LogP contribution in [-0.4, -0.2) is 35.5 Å². The van der Waals surface area contributed by atoms with Gasteiger partial charge < -0.3 is 15.5 Å². The zero-order valence-electron chi connectivity index (χ0n) is 10.5. The molecule has 3 N–H and O–H groups in total. The molecule has 0 radical (unpaired) electrons. The lowest BCUT2D eigenvalue weighted by Gasteiger charge is -2.16. The van der Waals surface area contributed by atoms with Crippen molar-refractivity contribution in [1.29, 1.82) is 0 Å². The van der Waals surface area contributed by atoms with Crippen LogP contribution in [0.3, 0.4) is 0 Å². The van der Waals surface area contributed by atoms with E-state index in [4.69, 9.17) is 5.11 Å². The summed E-state index contributed by atoms with van der Waals surface area (Å²) in [5.41, 5.74) is 0. The van der Waals surface area contributed by atoms with Crippen molar-refractivity contribution < 1.29 is 10.2 Å². The van der Waals surface area contributed by atoms with Gasteiger partial charge in [0.2, 0.25) is 0 Å². The summed E-state index contributed by atoms with van der Waals surface area (Å²) in [5.74, 6) is 0.759. The van der Waals surface area contributed by atoms with Crippen molar-refractivity contribution in [1.82, 2.24) is 5.32 Å². The van der Waals surface area contributed by atoms with E-state index in [1.54, 1.807) is 0 Å². The van der Waals surface area contributed by atoms with Crippen LogP contribution in [0, 0.1) is 5.92 Å². The first-order chi connectivity index (χ1) is 7.68. The van der Waals surface area contributed by atoms with Gasteiger partial charge in [-0.3, -0.25) is 0 Å². The monoisotopic (exact) mass is 229 g/mol. The molecule has 0 spiro atoms. The minimum atomic E-state index is -0.204. The number of hydrogen-bond acceptors (Lipinski definition) is 3. The third-order valence-corrected chi connectivity index (χ3v) is 3.44. The molecule has 3 heteroatoms. The SMILES string of the molecule is CC(O)CCCNCC(O)CC1CCCC1. The van der Waals surface area contributed by atoms with Crippen LogP contribution in [0.15, 0.2) is 0 Å². The molecule has 3 nitrogen and oxygen atoms in total. The highest BCUT2D eigenvalue weighted by Crippen LogP contribution is 2.28. The summed E-state index contributed by atoms with van der Waals surface area (Å²) >= 11 is 0. The van der Waals surface area contributed by atoms with Crippen LogP contribution in [0.5, 0.6) is 0 Å². The van der Waals surface area contributed by atoms with Gasteiger partial charge in [0.1, 0.15) is 0 Å². The van der Waals surface area contributed by atoms with Crippen LogP contribution in [0.25, 0.3) is 0 Å². The molecule has 0 aromatic heterocycles. The summed E-state index contributed by atoms with van der Waals surface area (Å²) in [6.07, 6.45) is 7.69. The standard InChI is InChI=1S/C13H27NO2/c1-11(15)5-4-8-14-10-13(16)9-12-6-2-3-7-12/h11-16H,2-10H2,1H3. The van der Waals surface area contributed by atoms with E-state index >= 15 is 0 Å². The second-order valence-electron chi connectivity index (χ2n) is 5.24. The zero-order valence-corrected chi connectivity index (χ0v) is 10.5. The topological polar surface area (TPSA) is 52.5 Å². The number of aliphatic hydroxyl groups is 2. The number of hydrogen-bond donors (Lipinski definition) is 3.